The number of nitrogens with one attached hydrogen (secondary N) is 1. The van der Waals surface area contributed by atoms with Gasteiger partial charge in [0.25, 0.3) is 0 Å². The third-order valence-electron chi connectivity index (χ3n) is 5.23. The van der Waals surface area contributed by atoms with Crippen LogP contribution in [0.3, 0.4) is 0 Å². The van der Waals surface area contributed by atoms with Gasteiger partial charge in [0.1, 0.15) is 28.6 Å². The number of hydrogen-bond acceptors (Lipinski definition) is 9. The summed E-state index contributed by atoms with van der Waals surface area (Å²) in [5, 5.41) is 9.16. The number of benzene rings is 3. The van der Waals surface area contributed by atoms with Gasteiger partial charge in [-0.15, -0.1) is 21.5 Å². The molecule has 0 bridgehead atoms. The third-order valence-corrected chi connectivity index (χ3v) is 7.73. The Morgan fingerprint density at radius 1 is 0.972 bits per heavy atom. The molecule has 0 saturated heterocycles. The SMILES string of the molecule is COc1cccc2sc(Cc3nnc(-c4ccc(OCCNS(=O)(=O)c5ccccc5)cc4)o3)nc12. The molecule has 11 heteroatoms. The fourth-order valence-electron chi connectivity index (χ4n) is 3.50. The van der Waals surface area contributed by atoms with Crippen molar-refractivity contribution in [2.75, 3.05) is 20.3 Å². The van der Waals surface area contributed by atoms with Crippen LogP contribution >= 0.6 is 11.3 Å². The monoisotopic (exact) mass is 522 g/mol. The van der Waals surface area contributed by atoms with Gasteiger partial charge in [0.05, 0.1) is 23.1 Å². The van der Waals surface area contributed by atoms with E-state index in [1.165, 1.54) is 0 Å². The van der Waals surface area contributed by atoms with Gasteiger partial charge in [-0.2, -0.15) is 0 Å². The molecule has 0 amide bonds. The van der Waals surface area contributed by atoms with E-state index < -0.39 is 10.0 Å². The summed E-state index contributed by atoms with van der Waals surface area (Å²) in [6, 6.07) is 21.2. The minimum absolute atomic E-state index is 0.142. The fourth-order valence-corrected chi connectivity index (χ4v) is 5.51. The Balaban J connectivity index is 1.16. The first-order valence-electron chi connectivity index (χ1n) is 11.0. The largest absolute Gasteiger partial charge is 0.494 e. The van der Waals surface area contributed by atoms with Crippen LogP contribution in [0.1, 0.15) is 10.9 Å². The van der Waals surface area contributed by atoms with Gasteiger partial charge in [-0.25, -0.2) is 18.1 Å². The second-order valence-electron chi connectivity index (χ2n) is 7.68. The van der Waals surface area contributed by atoms with E-state index in [1.54, 1.807) is 60.9 Å². The molecular formula is C25H22N4O5S2. The van der Waals surface area contributed by atoms with Crippen molar-refractivity contribution in [3.8, 4) is 23.0 Å². The van der Waals surface area contributed by atoms with Crippen LogP contribution in [0.4, 0.5) is 0 Å². The van der Waals surface area contributed by atoms with Crippen LogP contribution in [0.25, 0.3) is 21.7 Å². The zero-order valence-corrected chi connectivity index (χ0v) is 20.9. The van der Waals surface area contributed by atoms with E-state index >= 15 is 0 Å². The Morgan fingerprint density at radius 3 is 2.56 bits per heavy atom. The molecular weight excluding hydrogens is 500 g/mol. The summed E-state index contributed by atoms with van der Waals surface area (Å²) in [6.45, 7) is 0.326. The number of fused-ring (bicyclic) bond motifs is 1. The maximum atomic E-state index is 12.2. The minimum Gasteiger partial charge on any atom is -0.494 e. The van der Waals surface area contributed by atoms with Gasteiger partial charge >= 0.3 is 0 Å². The quantitative estimate of drug-likeness (QED) is 0.270. The first kappa shape index (κ1) is 23.9. The summed E-state index contributed by atoms with van der Waals surface area (Å²) < 4.78 is 44.9. The second kappa shape index (κ2) is 10.4. The topological polar surface area (TPSA) is 116 Å². The summed E-state index contributed by atoms with van der Waals surface area (Å²) in [4.78, 5) is 4.87. The van der Waals surface area contributed by atoms with Gasteiger partial charge in [-0.05, 0) is 48.5 Å². The van der Waals surface area contributed by atoms with Crippen molar-refractivity contribution in [3.63, 3.8) is 0 Å². The number of rotatable bonds is 10. The van der Waals surface area contributed by atoms with Crippen molar-refractivity contribution in [1.29, 1.82) is 0 Å². The van der Waals surface area contributed by atoms with E-state index in [-0.39, 0.29) is 18.0 Å². The third kappa shape index (κ3) is 5.38. The first-order valence-corrected chi connectivity index (χ1v) is 13.3. The van der Waals surface area contributed by atoms with Crippen LogP contribution < -0.4 is 14.2 Å². The zero-order valence-electron chi connectivity index (χ0n) is 19.2. The predicted octanol–water partition coefficient (Wildman–Crippen LogP) is 4.30. The summed E-state index contributed by atoms with van der Waals surface area (Å²) in [5.74, 6) is 2.19. The van der Waals surface area contributed by atoms with Crippen molar-refractivity contribution >= 4 is 31.6 Å². The molecule has 1 N–H and O–H groups in total. The summed E-state index contributed by atoms with van der Waals surface area (Å²) in [6.07, 6.45) is 0.426. The highest BCUT2D eigenvalue weighted by Gasteiger charge is 2.15. The molecule has 3 aromatic carbocycles. The van der Waals surface area contributed by atoms with Crippen molar-refractivity contribution in [2.24, 2.45) is 0 Å². The average molecular weight is 523 g/mol. The predicted molar refractivity (Wildman–Crippen MR) is 136 cm³/mol. The number of nitrogens with zero attached hydrogens (tertiary/aromatic N) is 3. The molecule has 9 nitrogen and oxygen atoms in total. The molecule has 2 heterocycles. The van der Waals surface area contributed by atoms with Gasteiger partial charge in [-0.1, -0.05) is 24.3 Å². The highest BCUT2D eigenvalue weighted by atomic mass is 32.2. The maximum absolute atomic E-state index is 12.2. The zero-order chi connectivity index (χ0) is 25.0. The number of methoxy groups -OCH3 is 1. The van der Waals surface area contributed by atoms with Crippen LogP contribution in [0.5, 0.6) is 11.5 Å². The standard InChI is InChI=1S/C25H22N4O5S2/c1-32-20-8-5-9-21-24(20)27-23(35-21)16-22-28-29-25(34-22)17-10-12-18(13-11-17)33-15-14-26-36(30,31)19-6-3-2-4-7-19/h2-13,26H,14-16H2,1H3. The van der Waals surface area contributed by atoms with E-state index in [9.17, 15) is 8.42 Å². The van der Waals surface area contributed by atoms with Crippen LogP contribution in [0.15, 0.2) is 82.1 Å². The fraction of sp³-hybridized carbons (Fsp3) is 0.160. The van der Waals surface area contributed by atoms with E-state index in [0.717, 1.165) is 26.5 Å². The van der Waals surface area contributed by atoms with Crippen molar-refractivity contribution in [1.82, 2.24) is 19.9 Å². The Kier molecular flexibility index (Phi) is 6.94. The van der Waals surface area contributed by atoms with Gasteiger partial charge in [0.15, 0.2) is 0 Å². The molecule has 0 radical (unpaired) electrons. The Morgan fingerprint density at radius 2 is 1.78 bits per heavy atom. The Labute approximate surface area is 211 Å². The molecule has 0 fully saturated rings. The molecule has 0 atom stereocenters. The molecule has 5 rings (SSSR count). The van der Waals surface area contributed by atoms with Crippen molar-refractivity contribution in [3.05, 3.63) is 83.7 Å². The summed E-state index contributed by atoms with van der Waals surface area (Å²) in [5.41, 5.74) is 1.57. The van der Waals surface area contributed by atoms with E-state index in [4.69, 9.17) is 13.9 Å². The lowest BCUT2D eigenvalue weighted by atomic mass is 10.2. The number of thiazole rings is 1. The van der Waals surface area contributed by atoms with Crippen molar-refractivity contribution < 1.29 is 22.3 Å². The van der Waals surface area contributed by atoms with Gasteiger partial charge < -0.3 is 13.9 Å². The lowest BCUT2D eigenvalue weighted by molar-refractivity contribution is 0.323. The average Bonchev–Trinajstić information content (AvgIpc) is 3.54. The minimum atomic E-state index is -3.56. The Hall–Kier alpha value is -3.80. The van der Waals surface area contributed by atoms with Gasteiger partial charge in [0.2, 0.25) is 21.8 Å². The summed E-state index contributed by atoms with van der Waals surface area (Å²) in [7, 11) is -1.93. The number of para-hydroxylation sites is 1. The second-order valence-corrected chi connectivity index (χ2v) is 10.6. The lowest BCUT2D eigenvalue weighted by Crippen LogP contribution is -2.28. The summed E-state index contributed by atoms with van der Waals surface area (Å²) >= 11 is 1.56. The molecule has 0 saturated carbocycles. The molecule has 184 valence electrons. The van der Waals surface area contributed by atoms with Crippen molar-refractivity contribution in [2.45, 2.75) is 11.3 Å². The highest BCUT2D eigenvalue weighted by Crippen LogP contribution is 2.31. The van der Waals surface area contributed by atoms with Crippen LogP contribution in [-0.2, 0) is 16.4 Å². The number of sulfonamides is 1. The number of aromatic nitrogens is 3. The molecule has 0 spiro atoms. The number of hydrogen-bond donors (Lipinski definition) is 1. The molecule has 5 aromatic rings. The number of ether oxygens (including phenoxy) is 2. The normalized spacial score (nSPS) is 11.6. The van der Waals surface area contributed by atoms with E-state index in [0.29, 0.717) is 24.0 Å². The highest BCUT2D eigenvalue weighted by molar-refractivity contribution is 7.89. The smallest absolute Gasteiger partial charge is 0.247 e. The molecule has 0 aliphatic rings. The van der Waals surface area contributed by atoms with Gasteiger partial charge in [-0.3, -0.25) is 0 Å². The molecule has 0 aliphatic heterocycles. The molecule has 2 aromatic heterocycles. The molecule has 36 heavy (non-hydrogen) atoms. The van der Waals surface area contributed by atoms with E-state index in [1.807, 2.05) is 30.3 Å². The van der Waals surface area contributed by atoms with Crippen LogP contribution in [-0.4, -0.2) is 43.9 Å². The Bertz CT molecular complexity index is 1570. The van der Waals surface area contributed by atoms with E-state index in [2.05, 4.69) is 19.9 Å². The molecule has 0 unspecified atom stereocenters. The first-order chi connectivity index (χ1) is 17.5. The lowest BCUT2D eigenvalue weighted by Gasteiger charge is -2.08. The van der Waals surface area contributed by atoms with Gasteiger partial charge in [0, 0.05) is 12.1 Å². The maximum Gasteiger partial charge on any atom is 0.247 e. The molecule has 0 aliphatic carbocycles. The van der Waals surface area contributed by atoms with Crippen LogP contribution in [0.2, 0.25) is 0 Å². The van der Waals surface area contributed by atoms with Crippen LogP contribution in [0, 0.1) is 0 Å².